The van der Waals surface area contributed by atoms with E-state index < -0.39 is 0 Å². The van der Waals surface area contributed by atoms with E-state index in [1.165, 1.54) is 6.92 Å². The number of nitrogens with zero attached hydrogens (tertiary/aromatic N) is 3. The van der Waals surface area contributed by atoms with Crippen LogP contribution in [0.3, 0.4) is 0 Å². The van der Waals surface area contributed by atoms with Gasteiger partial charge in [-0.2, -0.15) is 0 Å². The van der Waals surface area contributed by atoms with Crippen molar-refractivity contribution in [2.75, 3.05) is 0 Å². The van der Waals surface area contributed by atoms with E-state index in [0.717, 1.165) is 27.4 Å². The molecule has 0 spiro atoms. The predicted octanol–water partition coefficient (Wildman–Crippen LogP) is 2.28. The molecule has 1 aromatic heterocycles. The Kier molecular flexibility index (Phi) is 3.99. The second-order valence-corrected chi connectivity index (χ2v) is 5.23. The summed E-state index contributed by atoms with van der Waals surface area (Å²) in [5, 5.41) is 10.9. The fourth-order valence-electron chi connectivity index (χ4n) is 1.95. The van der Waals surface area contributed by atoms with Crippen LogP contribution in [0, 0.1) is 13.8 Å². The second-order valence-electron chi connectivity index (χ2n) is 4.31. The molecule has 0 bridgehead atoms. The monoisotopic (exact) mass is 322 g/mol. The first-order chi connectivity index (χ1) is 8.99. The van der Waals surface area contributed by atoms with Crippen LogP contribution in [0.2, 0.25) is 0 Å². The largest absolute Gasteiger partial charge is 0.352 e. The summed E-state index contributed by atoms with van der Waals surface area (Å²) in [6, 6.07) is 5.94. The number of nitrogens with one attached hydrogen (secondary N) is 1. The maximum absolute atomic E-state index is 11.1. The van der Waals surface area contributed by atoms with E-state index in [-0.39, 0.29) is 5.91 Å². The van der Waals surface area contributed by atoms with Crippen molar-refractivity contribution in [1.82, 2.24) is 20.1 Å². The molecule has 0 unspecified atom stereocenters. The first-order valence-electron chi connectivity index (χ1n) is 5.91. The Labute approximate surface area is 120 Å². The predicted molar refractivity (Wildman–Crippen MR) is 76.1 cm³/mol. The van der Waals surface area contributed by atoms with Crippen LogP contribution in [-0.2, 0) is 11.3 Å². The molecule has 100 valence electrons. The van der Waals surface area contributed by atoms with Crippen molar-refractivity contribution >= 4 is 21.8 Å². The molecule has 2 aromatic rings. The van der Waals surface area contributed by atoms with Crippen molar-refractivity contribution in [3.05, 3.63) is 39.9 Å². The quantitative estimate of drug-likeness (QED) is 0.943. The fraction of sp³-hybridized carbons (Fsp3) is 0.308. The lowest BCUT2D eigenvalue weighted by atomic mass is 10.1. The SMILES string of the molecule is CC(=O)NCc1cc(Br)ccc1-n1c(C)nnc1C. The van der Waals surface area contributed by atoms with E-state index >= 15 is 0 Å². The Morgan fingerprint density at radius 3 is 2.53 bits per heavy atom. The molecular formula is C13H15BrN4O. The van der Waals surface area contributed by atoms with Crippen LogP contribution in [-0.4, -0.2) is 20.7 Å². The number of amides is 1. The molecule has 0 aliphatic carbocycles. The van der Waals surface area contributed by atoms with Crippen molar-refractivity contribution < 1.29 is 4.79 Å². The summed E-state index contributed by atoms with van der Waals surface area (Å²) < 4.78 is 2.95. The number of halogens is 1. The number of aryl methyl sites for hydroxylation is 2. The summed E-state index contributed by atoms with van der Waals surface area (Å²) >= 11 is 3.45. The zero-order valence-electron chi connectivity index (χ0n) is 11.1. The minimum absolute atomic E-state index is 0.0527. The van der Waals surface area contributed by atoms with Gasteiger partial charge in [-0.1, -0.05) is 15.9 Å². The average Bonchev–Trinajstić information content (AvgIpc) is 2.67. The number of hydrogen-bond acceptors (Lipinski definition) is 3. The normalized spacial score (nSPS) is 10.5. The molecule has 6 heteroatoms. The van der Waals surface area contributed by atoms with Gasteiger partial charge in [-0.15, -0.1) is 10.2 Å². The van der Waals surface area contributed by atoms with E-state index in [9.17, 15) is 4.79 Å². The lowest BCUT2D eigenvalue weighted by Crippen LogP contribution is -2.20. The van der Waals surface area contributed by atoms with Crippen LogP contribution in [0.5, 0.6) is 0 Å². The lowest BCUT2D eigenvalue weighted by molar-refractivity contribution is -0.119. The number of hydrogen-bond donors (Lipinski definition) is 1. The molecule has 0 aliphatic heterocycles. The first kappa shape index (κ1) is 13.7. The number of aromatic nitrogens is 3. The molecule has 0 aliphatic rings. The second kappa shape index (κ2) is 5.52. The molecule has 19 heavy (non-hydrogen) atoms. The third-order valence-corrected chi connectivity index (χ3v) is 3.29. The zero-order valence-corrected chi connectivity index (χ0v) is 12.7. The van der Waals surface area contributed by atoms with E-state index in [4.69, 9.17) is 0 Å². The average molecular weight is 323 g/mol. The van der Waals surface area contributed by atoms with Crippen LogP contribution < -0.4 is 5.32 Å². The van der Waals surface area contributed by atoms with Crippen LogP contribution in [0.15, 0.2) is 22.7 Å². The number of carbonyl (C=O) groups is 1. The van der Waals surface area contributed by atoms with Crippen LogP contribution in [0.4, 0.5) is 0 Å². The molecule has 0 saturated carbocycles. The molecule has 2 rings (SSSR count). The van der Waals surface area contributed by atoms with Gasteiger partial charge in [-0.25, -0.2) is 0 Å². The van der Waals surface area contributed by atoms with Gasteiger partial charge in [-0.05, 0) is 37.6 Å². The highest BCUT2D eigenvalue weighted by Crippen LogP contribution is 2.22. The first-order valence-corrected chi connectivity index (χ1v) is 6.70. The van der Waals surface area contributed by atoms with Crippen LogP contribution in [0.25, 0.3) is 5.69 Å². The van der Waals surface area contributed by atoms with Gasteiger partial charge >= 0.3 is 0 Å². The summed E-state index contributed by atoms with van der Waals surface area (Å²) in [5.74, 6) is 1.59. The van der Waals surface area contributed by atoms with Gasteiger partial charge in [0.15, 0.2) is 0 Å². The van der Waals surface area contributed by atoms with E-state index in [1.807, 2.05) is 36.6 Å². The van der Waals surface area contributed by atoms with E-state index in [2.05, 4.69) is 31.4 Å². The Bertz CT molecular complexity index is 602. The molecule has 1 aromatic carbocycles. The highest BCUT2D eigenvalue weighted by Gasteiger charge is 2.11. The van der Waals surface area contributed by atoms with Gasteiger partial charge in [0.25, 0.3) is 0 Å². The van der Waals surface area contributed by atoms with Gasteiger partial charge in [0.2, 0.25) is 5.91 Å². The lowest BCUT2D eigenvalue weighted by Gasteiger charge is -2.13. The summed E-state index contributed by atoms with van der Waals surface area (Å²) in [7, 11) is 0. The Morgan fingerprint density at radius 2 is 1.95 bits per heavy atom. The number of carbonyl (C=O) groups excluding carboxylic acids is 1. The van der Waals surface area contributed by atoms with Crippen molar-refractivity contribution in [1.29, 1.82) is 0 Å². The summed E-state index contributed by atoms with van der Waals surface area (Å²) in [4.78, 5) is 11.1. The van der Waals surface area contributed by atoms with E-state index in [0.29, 0.717) is 6.54 Å². The molecule has 0 radical (unpaired) electrons. The molecule has 0 fully saturated rings. The number of rotatable bonds is 3. The standard InChI is InChI=1S/C13H15BrN4O/c1-8-16-17-9(2)18(8)13-5-4-12(14)6-11(13)7-15-10(3)19/h4-6H,7H2,1-3H3,(H,15,19). The van der Waals surface area contributed by atoms with Gasteiger partial charge in [0.05, 0.1) is 5.69 Å². The molecule has 1 heterocycles. The molecule has 1 N–H and O–H groups in total. The zero-order chi connectivity index (χ0) is 14.0. The highest BCUT2D eigenvalue weighted by atomic mass is 79.9. The third-order valence-electron chi connectivity index (χ3n) is 2.80. The van der Waals surface area contributed by atoms with Crippen LogP contribution >= 0.6 is 15.9 Å². The van der Waals surface area contributed by atoms with Gasteiger partial charge in [0, 0.05) is 17.9 Å². The van der Waals surface area contributed by atoms with E-state index in [1.54, 1.807) is 0 Å². The van der Waals surface area contributed by atoms with Gasteiger partial charge in [-0.3, -0.25) is 9.36 Å². The van der Waals surface area contributed by atoms with Crippen LogP contribution in [0.1, 0.15) is 24.1 Å². The minimum atomic E-state index is -0.0527. The maximum atomic E-state index is 11.1. The Hall–Kier alpha value is -1.69. The van der Waals surface area contributed by atoms with Gasteiger partial charge < -0.3 is 5.32 Å². The minimum Gasteiger partial charge on any atom is -0.352 e. The third kappa shape index (κ3) is 3.01. The van der Waals surface area contributed by atoms with Crippen molar-refractivity contribution in [3.8, 4) is 5.69 Å². The Morgan fingerprint density at radius 1 is 1.32 bits per heavy atom. The smallest absolute Gasteiger partial charge is 0.217 e. The Balaban J connectivity index is 2.48. The van der Waals surface area contributed by atoms with Crippen molar-refractivity contribution in [3.63, 3.8) is 0 Å². The molecule has 5 nitrogen and oxygen atoms in total. The molecule has 1 amide bonds. The summed E-state index contributed by atoms with van der Waals surface area (Å²) in [6.07, 6.45) is 0. The fourth-order valence-corrected chi connectivity index (χ4v) is 2.36. The van der Waals surface area contributed by atoms with Crippen molar-refractivity contribution in [2.24, 2.45) is 0 Å². The highest BCUT2D eigenvalue weighted by molar-refractivity contribution is 9.10. The summed E-state index contributed by atoms with van der Waals surface area (Å²) in [5.41, 5.74) is 1.99. The molecule has 0 atom stereocenters. The molecular weight excluding hydrogens is 308 g/mol. The number of benzene rings is 1. The summed E-state index contributed by atoms with van der Waals surface area (Å²) in [6.45, 7) is 5.79. The molecule has 0 saturated heterocycles. The topological polar surface area (TPSA) is 59.8 Å². The van der Waals surface area contributed by atoms with Gasteiger partial charge in [0.1, 0.15) is 11.6 Å². The maximum Gasteiger partial charge on any atom is 0.217 e. The van der Waals surface area contributed by atoms with Crippen molar-refractivity contribution in [2.45, 2.75) is 27.3 Å².